The molecule has 1 atom stereocenters. The normalized spacial score (nSPS) is 13.0. The van der Waals surface area contributed by atoms with Gasteiger partial charge in [0.25, 0.3) is 0 Å². The predicted octanol–water partition coefficient (Wildman–Crippen LogP) is 1.19. The lowest BCUT2D eigenvalue weighted by molar-refractivity contribution is -0.00243. The molecule has 0 fully saturated rings. The van der Waals surface area contributed by atoms with Gasteiger partial charge in [-0.1, -0.05) is 19.1 Å². The van der Waals surface area contributed by atoms with E-state index in [1.807, 2.05) is 27.7 Å². The first-order valence-electron chi connectivity index (χ1n) is 7.18. The molecule has 21 heavy (non-hydrogen) atoms. The van der Waals surface area contributed by atoms with Crippen molar-refractivity contribution in [3.63, 3.8) is 0 Å². The van der Waals surface area contributed by atoms with Crippen LogP contribution in [0.3, 0.4) is 0 Å². The average molecular weight is 299 g/mol. The molecule has 0 radical (unpaired) electrons. The van der Waals surface area contributed by atoms with Crippen LogP contribution in [0.15, 0.2) is 0 Å². The largest absolute Gasteiger partial charge is 0.461 e. The molecule has 0 saturated heterocycles. The van der Waals surface area contributed by atoms with Gasteiger partial charge in [-0.25, -0.2) is 9.48 Å². The van der Waals surface area contributed by atoms with Crippen molar-refractivity contribution >= 4 is 5.97 Å². The molecule has 1 N–H and O–H groups in total. The first-order chi connectivity index (χ1) is 9.81. The molecule has 1 aromatic heterocycles. The Morgan fingerprint density at radius 2 is 1.95 bits per heavy atom. The van der Waals surface area contributed by atoms with E-state index in [0.29, 0.717) is 12.3 Å². The maximum atomic E-state index is 11.9. The second-order valence-electron chi connectivity index (χ2n) is 5.73. The predicted molar refractivity (Wildman–Crippen MR) is 77.0 cm³/mol. The second kappa shape index (κ2) is 8.09. The van der Waals surface area contributed by atoms with Gasteiger partial charge in [0.05, 0.1) is 37.7 Å². The van der Waals surface area contributed by atoms with Crippen LogP contribution in [-0.4, -0.2) is 51.5 Å². The van der Waals surface area contributed by atoms with E-state index in [1.54, 1.807) is 6.92 Å². The van der Waals surface area contributed by atoms with Gasteiger partial charge < -0.3 is 14.6 Å². The SMILES string of the molecule is Cc1c(C(=O)OCC(C)C)nnn1CC(O)COC(C)C. The fourth-order valence-electron chi connectivity index (χ4n) is 1.59. The number of nitrogens with zero attached hydrogens (tertiary/aromatic N) is 3. The summed E-state index contributed by atoms with van der Waals surface area (Å²) in [4.78, 5) is 11.9. The standard InChI is InChI=1S/C14H25N3O4/c1-9(2)7-21-14(19)13-11(5)17(16-15-13)6-12(18)8-20-10(3)4/h9-10,12,18H,6-8H2,1-5H3. The van der Waals surface area contributed by atoms with Gasteiger partial charge in [0.2, 0.25) is 0 Å². The number of hydrogen-bond acceptors (Lipinski definition) is 6. The second-order valence-corrected chi connectivity index (χ2v) is 5.73. The number of hydrogen-bond donors (Lipinski definition) is 1. The minimum atomic E-state index is -0.702. The van der Waals surface area contributed by atoms with Crippen molar-refractivity contribution in [2.45, 2.75) is 53.4 Å². The Labute approximate surface area is 125 Å². The van der Waals surface area contributed by atoms with Gasteiger partial charge in [0.1, 0.15) is 0 Å². The highest BCUT2D eigenvalue weighted by molar-refractivity contribution is 5.88. The summed E-state index contributed by atoms with van der Waals surface area (Å²) in [5.41, 5.74) is 0.764. The van der Waals surface area contributed by atoms with Crippen LogP contribution in [0.25, 0.3) is 0 Å². The van der Waals surface area contributed by atoms with E-state index in [2.05, 4.69) is 10.3 Å². The zero-order valence-corrected chi connectivity index (χ0v) is 13.4. The molecule has 1 rings (SSSR count). The topological polar surface area (TPSA) is 86.5 Å². The summed E-state index contributed by atoms with van der Waals surface area (Å²) < 4.78 is 11.9. The van der Waals surface area contributed by atoms with Crippen molar-refractivity contribution in [1.29, 1.82) is 0 Å². The Kier molecular flexibility index (Phi) is 6.77. The summed E-state index contributed by atoms with van der Waals surface area (Å²) in [6.07, 6.45) is -0.648. The first kappa shape index (κ1) is 17.6. The van der Waals surface area contributed by atoms with Crippen LogP contribution in [0.4, 0.5) is 0 Å². The number of carbonyl (C=O) groups excluding carboxylic acids is 1. The molecule has 0 saturated carbocycles. The highest BCUT2D eigenvalue weighted by Crippen LogP contribution is 2.08. The van der Waals surface area contributed by atoms with Crippen molar-refractivity contribution in [2.24, 2.45) is 5.92 Å². The number of aliphatic hydroxyl groups excluding tert-OH is 1. The molecule has 0 spiro atoms. The van der Waals surface area contributed by atoms with Crippen molar-refractivity contribution in [3.05, 3.63) is 11.4 Å². The van der Waals surface area contributed by atoms with Crippen LogP contribution < -0.4 is 0 Å². The van der Waals surface area contributed by atoms with Crippen LogP contribution in [-0.2, 0) is 16.0 Å². The van der Waals surface area contributed by atoms with E-state index in [1.165, 1.54) is 4.68 Å². The summed E-state index contributed by atoms with van der Waals surface area (Å²) in [5.74, 6) is -0.223. The number of carbonyl (C=O) groups is 1. The van der Waals surface area contributed by atoms with Crippen LogP contribution >= 0.6 is 0 Å². The molecule has 0 aliphatic rings. The Balaban J connectivity index is 2.60. The van der Waals surface area contributed by atoms with E-state index in [0.717, 1.165) is 0 Å². The van der Waals surface area contributed by atoms with E-state index >= 15 is 0 Å². The zero-order valence-electron chi connectivity index (χ0n) is 13.4. The molecule has 1 unspecified atom stereocenters. The lowest BCUT2D eigenvalue weighted by Gasteiger charge is -2.14. The summed E-state index contributed by atoms with van der Waals surface area (Å²) >= 11 is 0. The number of aliphatic hydroxyl groups is 1. The molecule has 1 aromatic rings. The quantitative estimate of drug-likeness (QED) is 0.726. The monoisotopic (exact) mass is 299 g/mol. The third-order valence-corrected chi connectivity index (χ3v) is 2.73. The molecule has 7 nitrogen and oxygen atoms in total. The van der Waals surface area contributed by atoms with Crippen LogP contribution in [0.2, 0.25) is 0 Å². The van der Waals surface area contributed by atoms with E-state index in [9.17, 15) is 9.90 Å². The van der Waals surface area contributed by atoms with Crippen LogP contribution in [0.1, 0.15) is 43.9 Å². The first-order valence-corrected chi connectivity index (χ1v) is 7.18. The summed E-state index contributed by atoms with van der Waals surface area (Å²) in [6, 6.07) is 0. The van der Waals surface area contributed by atoms with Crippen molar-refractivity contribution < 1.29 is 19.4 Å². The Hall–Kier alpha value is -1.47. The molecule has 0 amide bonds. The molecule has 7 heteroatoms. The van der Waals surface area contributed by atoms with Gasteiger partial charge in [0.15, 0.2) is 5.69 Å². The van der Waals surface area contributed by atoms with Gasteiger partial charge in [-0.15, -0.1) is 5.10 Å². The van der Waals surface area contributed by atoms with Gasteiger partial charge in [-0.05, 0) is 26.7 Å². The van der Waals surface area contributed by atoms with Gasteiger partial charge in [-0.2, -0.15) is 0 Å². The summed E-state index contributed by atoms with van der Waals surface area (Å²) in [5, 5.41) is 17.6. The van der Waals surface area contributed by atoms with Crippen LogP contribution in [0, 0.1) is 12.8 Å². The molecule has 0 aliphatic carbocycles. The third kappa shape index (κ3) is 5.81. The molecule has 1 heterocycles. The van der Waals surface area contributed by atoms with Crippen LogP contribution in [0.5, 0.6) is 0 Å². The summed E-state index contributed by atoms with van der Waals surface area (Å²) in [6.45, 7) is 10.2. The van der Waals surface area contributed by atoms with Gasteiger partial charge in [-0.3, -0.25) is 0 Å². The molecule has 120 valence electrons. The lowest BCUT2D eigenvalue weighted by Crippen LogP contribution is -2.25. The van der Waals surface area contributed by atoms with E-state index < -0.39 is 12.1 Å². The van der Waals surface area contributed by atoms with E-state index in [4.69, 9.17) is 9.47 Å². The number of esters is 1. The minimum absolute atomic E-state index is 0.0538. The number of rotatable bonds is 8. The van der Waals surface area contributed by atoms with Gasteiger partial charge >= 0.3 is 5.97 Å². The van der Waals surface area contributed by atoms with Crippen molar-refractivity contribution in [1.82, 2.24) is 15.0 Å². The Morgan fingerprint density at radius 1 is 1.29 bits per heavy atom. The fourth-order valence-corrected chi connectivity index (χ4v) is 1.59. The van der Waals surface area contributed by atoms with Gasteiger partial charge in [0, 0.05) is 0 Å². The Morgan fingerprint density at radius 3 is 2.52 bits per heavy atom. The maximum absolute atomic E-state index is 11.9. The third-order valence-electron chi connectivity index (χ3n) is 2.73. The smallest absolute Gasteiger partial charge is 0.360 e. The molecule has 0 aromatic carbocycles. The van der Waals surface area contributed by atoms with E-state index in [-0.39, 0.29) is 30.9 Å². The average Bonchev–Trinajstić information content (AvgIpc) is 2.75. The fraction of sp³-hybridized carbons (Fsp3) is 0.786. The molecular formula is C14H25N3O4. The lowest BCUT2D eigenvalue weighted by atomic mass is 10.2. The van der Waals surface area contributed by atoms with Crippen molar-refractivity contribution in [3.8, 4) is 0 Å². The summed E-state index contributed by atoms with van der Waals surface area (Å²) in [7, 11) is 0. The Bertz CT molecular complexity index is 457. The number of ether oxygens (including phenoxy) is 2. The molecule has 0 bridgehead atoms. The maximum Gasteiger partial charge on any atom is 0.360 e. The highest BCUT2D eigenvalue weighted by Gasteiger charge is 2.19. The zero-order chi connectivity index (χ0) is 16.0. The molecular weight excluding hydrogens is 274 g/mol. The number of aromatic nitrogens is 3. The molecule has 0 aliphatic heterocycles. The van der Waals surface area contributed by atoms with Crippen molar-refractivity contribution in [2.75, 3.05) is 13.2 Å². The highest BCUT2D eigenvalue weighted by atomic mass is 16.5. The minimum Gasteiger partial charge on any atom is -0.461 e.